The van der Waals surface area contributed by atoms with Gasteiger partial charge < -0.3 is 10.1 Å². The first-order valence-corrected chi connectivity index (χ1v) is 6.73. The van der Waals surface area contributed by atoms with Crippen molar-refractivity contribution in [2.75, 3.05) is 20.2 Å². The highest BCUT2D eigenvalue weighted by Crippen LogP contribution is 2.41. The molecule has 0 spiro atoms. The zero-order valence-corrected chi connectivity index (χ0v) is 11.6. The van der Waals surface area contributed by atoms with Crippen molar-refractivity contribution in [2.45, 2.75) is 32.1 Å². The number of benzene rings is 1. The summed E-state index contributed by atoms with van der Waals surface area (Å²) < 4.78 is 5.56. The number of rotatable bonds is 5. The maximum absolute atomic E-state index is 5.56. The number of aryl methyl sites for hydroxylation is 1. The van der Waals surface area contributed by atoms with Crippen LogP contribution >= 0.6 is 0 Å². The fourth-order valence-electron chi connectivity index (χ4n) is 2.76. The molecule has 98 valence electrons. The van der Waals surface area contributed by atoms with Crippen LogP contribution in [0, 0.1) is 6.92 Å². The summed E-state index contributed by atoms with van der Waals surface area (Å²) in [5.74, 6) is 1.02. The summed E-state index contributed by atoms with van der Waals surface area (Å²) in [5.41, 5.74) is 2.82. The van der Waals surface area contributed by atoms with E-state index >= 15 is 0 Å². The van der Waals surface area contributed by atoms with Gasteiger partial charge in [0.1, 0.15) is 5.75 Å². The van der Waals surface area contributed by atoms with Crippen molar-refractivity contribution in [3.05, 3.63) is 41.5 Å². The Kier molecular flexibility index (Phi) is 4.07. The summed E-state index contributed by atoms with van der Waals surface area (Å²) in [5, 5.41) is 3.50. The molecule has 0 bridgehead atoms. The van der Waals surface area contributed by atoms with E-state index in [1.165, 1.54) is 11.1 Å². The largest absolute Gasteiger partial charge is 0.496 e. The van der Waals surface area contributed by atoms with Crippen molar-refractivity contribution in [3.8, 4) is 5.75 Å². The average molecular weight is 245 g/mol. The van der Waals surface area contributed by atoms with Gasteiger partial charge in [-0.25, -0.2) is 0 Å². The molecule has 0 amide bonds. The number of hydrogen-bond acceptors (Lipinski definition) is 2. The average Bonchev–Trinajstić information content (AvgIpc) is 2.86. The molecule has 0 saturated heterocycles. The number of hydrogen-bond donors (Lipinski definition) is 1. The highest BCUT2D eigenvalue weighted by molar-refractivity contribution is 5.44. The molecule has 1 aliphatic carbocycles. The van der Waals surface area contributed by atoms with Gasteiger partial charge in [0, 0.05) is 17.5 Å². The Hall–Kier alpha value is -1.28. The zero-order chi connectivity index (χ0) is 13.0. The van der Waals surface area contributed by atoms with E-state index in [0.29, 0.717) is 0 Å². The Morgan fingerprint density at radius 1 is 1.28 bits per heavy atom. The number of ether oxygens (including phenoxy) is 1. The highest BCUT2D eigenvalue weighted by Gasteiger charge is 2.35. The predicted octanol–water partition coefficient (Wildman–Crippen LogP) is 3.20. The third kappa shape index (κ3) is 2.44. The van der Waals surface area contributed by atoms with Gasteiger partial charge >= 0.3 is 0 Å². The van der Waals surface area contributed by atoms with E-state index in [0.717, 1.165) is 31.7 Å². The summed E-state index contributed by atoms with van der Waals surface area (Å²) in [6.45, 7) is 6.32. The lowest BCUT2D eigenvalue weighted by Gasteiger charge is -2.31. The van der Waals surface area contributed by atoms with Gasteiger partial charge in [-0.2, -0.15) is 0 Å². The fourth-order valence-corrected chi connectivity index (χ4v) is 2.76. The maximum Gasteiger partial charge on any atom is 0.122 e. The first kappa shape index (κ1) is 13.2. The molecule has 2 rings (SSSR count). The number of nitrogens with one attached hydrogen (secondary N) is 1. The Morgan fingerprint density at radius 2 is 2.00 bits per heavy atom. The molecule has 1 aromatic rings. The van der Waals surface area contributed by atoms with Crippen molar-refractivity contribution >= 4 is 0 Å². The fraction of sp³-hybridized carbons (Fsp3) is 0.500. The minimum absolute atomic E-state index is 0.174. The number of likely N-dealkylation sites (N-methyl/N-ethyl adjacent to an activating group) is 1. The van der Waals surface area contributed by atoms with Crippen LogP contribution in [0.5, 0.6) is 5.75 Å². The Morgan fingerprint density at radius 3 is 2.61 bits per heavy atom. The maximum atomic E-state index is 5.56. The van der Waals surface area contributed by atoms with Crippen LogP contribution in [0.4, 0.5) is 0 Å². The van der Waals surface area contributed by atoms with Gasteiger partial charge in [0.2, 0.25) is 0 Å². The van der Waals surface area contributed by atoms with Crippen LogP contribution in [-0.2, 0) is 5.41 Å². The van der Waals surface area contributed by atoms with E-state index in [2.05, 4.69) is 49.5 Å². The second-order valence-electron chi connectivity index (χ2n) is 5.14. The van der Waals surface area contributed by atoms with Gasteiger partial charge in [-0.15, -0.1) is 0 Å². The lowest BCUT2D eigenvalue weighted by atomic mass is 9.77. The molecular formula is C16H23NO. The summed E-state index contributed by atoms with van der Waals surface area (Å²) in [6.07, 6.45) is 6.78. The first-order chi connectivity index (χ1) is 8.72. The molecule has 2 nitrogen and oxygen atoms in total. The van der Waals surface area contributed by atoms with Crippen LogP contribution in [0.3, 0.4) is 0 Å². The van der Waals surface area contributed by atoms with Gasteiger partial charge in [0.05, 0.1) is 7.11 Å². The second kappa shape index (κ2) is 5.57. The zero-order valence-electron chi connectivity index (χ0n) is 11.6. The minimum atomic E-state index is 0.174. The quantitative estimate of drug-likeness (QED) is 0.804. The molecule has 0 radical (unpaired) electrons. The Bertz CT molecular complexity index is 429. The molecule has 0 aromatic heterocycles. The molecular weight excluding hydrogens is 222 g/mol. The van der Waals surface area contributed by atoms with E-state index in [4.69, 9.17) is 4.74 Å². The Balaban J connectivity index is 2.38. The monoisotopic (exact) mass is 245 g/mol. The molecule has 0 heterocycles. The summed E-state index contributed by atoms with van der Waals surface area (Å²) in [6, 6.07) is 6.49. The third-order valence-corrected chi connectivity index (χ3v) is 3.82. The normalized spacial score (nSPS) is 17.1. The predicted molar refractivity (Wildman–Crippen MR) is 76.3 cm³/mol. The summed E-state index contributed by atoms with van der Waals surface area (Å²) >= 11 is 0. The van der Waals surface area contributed by atoms with Crippen molar-refractivity contribution in [1.29, 1.82) is 0 Å². The molecule has 1 aromatic carbocycles. The van der Waals surface area contributed by atoms with Crippen LogP contribution in [-0.4, -0.2) is 20.2 Å². The standard InChI is InChI=1S/C16H23NO/c1-4-17-12-16(9-5-6-10-16)14-11-13(2)7-8-15(14)18-3/h5-8,11,17H,4,9-10,12H2,1-3H3. The van der Waals surface area contributed by atoms with Crippen LogP contribution in [0.2, 0.25) is 0 Å². The summed E-state index contributed by atoms with van der Waals surface area (Å²) in [4.78, 5) is 0. The van der Waals surface area contributed by atoms with Crippen LogP contribution in [0.1, 0.15) is 30.9 Å². The van der Waals surface area contributed by atoms with E-state index in [9.17, 15) is 0 Å². The molecule has 0 atom stereocenters. The van der Waals surface area contributed by atoms with Crippen LogP contribution in [0.25, 0.3) is 0 Å². The van der Waals surface area contributed by atoms with E-state index in [-0.39, 0.29) is 5.41 Å². The van der Waals surface area contributed by atoms with E-state index in [1.54, 1.807) is 7.11 Å². The van der Waals surface area contributed by atoms with Gasteiger partial charge in [-0.1, -0.05) is 36.8 Å². The van der Waals surface area contributed by atoms with Crippen molar-refractivity contribution < 1.29 is 4.74 Å². The van der Waals surface area contributed by atoms with Gasteiger partial charge in [0.15, 0.2) is 0 Å². The molecule has 1 aliphatic rings. The van der Waals surface area contributed by atoms with Crippen molar-refractivity contribution in [1.82, 2.24) is 5.32 Å². The van der Waals surface area contributed by atoms with E-state index in [1.807, 2.05) is 0 Å². The first-order valence-electron chi connectivity index (χ1n) is 6.73. The molecule has 2 heteroatoms. The lowest BCUT2D eigenvalue weighted by Crippen LogP contribution is -2.36. The minimum Gasteiger partial charge on any atom is -0.496 e. The smallest absolute Gasteiger partial charge is 0.122 e. The molecule has 0 aliphatic heterocycles. The van der Waals surface area contributed by atoms with Crippen LogP contribution in [0.15, 0.2) is 30.4 Å². The number of allylic oxidation sites excluding steroid dienone is 2. The molecule has 0 saturated carbocycles. The van der Waals surface area contributed by atoms with E-state index < -0.39 is 0 Å². The van der Waals surface area contributed by atoms with Gasteiger partial charge in [-0.05, 0) is 32.4 Å². The molecule has 1 N–H and O–H groups in total. The topological polar surface area (TPSA) is 21.3 Å². The van der Waals surface area contributed by atoms with Crippen LogP contribution < -0.4 is 10.1 Å². The van der Waals surface area contributed by atoms with Gasteiger partial charge in [-0.3, -0.25) is 0 Å². The second-order valence-corrected chi connectivity index (χ2v) is 5.14. The molecule has 0 fully saturated rings. The Labute approximate surface area is 110 Å². The third-order valence-electron chi connectivity index (χ3n) is 3.82. The number of methoxy groups -OCH3 is 1. The van der Waals surface area contributed by atoms with Crippen molar-refractivity contribution in [2.24, 2.45) is 0 Å². The highest BCUT2D eigenvalue weighted by atomic mass is 16.5. The SMILES string of the molecule is CCNCC1(c2cc(C)ccc2OC)CC=CC1. The summed E-state index contributed by atoms with van der Waals surface area (Å²) in [7, 11) is 1.76. The molecule has 0 unspecified atom stereocenters. The van der Waals surface area contributed by atoms with Crippen molar-refractivity contribution in [3.63, 3.8) is 0 Å². The van der Waals surface area contributed by atoms with Gasteiger partial charge in [0.25, 0.3) is 0 Å². The lowest BCUT2D eigenvalue weighted by molar-refractivity contribution is 0.369. The molecule has 18 heavy (non-hydrogen) atoms.